The molecule has 1 aliphatic heterocycles. The van der Waals surface area contributed by atoms with Crippen molar-refractivity contribution < 1.29 is 8.42 Å². The number of rotatable bonds is 7. The lowest BCUT2D eigenvalue weighted by atomic mass is 9.85. The molecule has 1 aliphatic carbocycles. The van der Waals surface area contributed by atoms with E-state index in [-0.39, 0.29) is 0 Å². The van der Waals surface area contributed by atoms with E-state index in [9.17, 15) is 8.42 Å². The minimum atomic E-state index is -3.34. The second kappa shape index (κ2) is 8.82. The number of aromatic amines is 1. The van der Waals surface area contributed by atoms with Crippen LogP contribution in [-0.4, -0.2) is 61.5 Å². The first kappa shape index (κ1) is 19.8. The topological polar surface area (TPSA) is 81.3 Å². The summed E-state index contributed by atoms with van der Waals surface area (Å²) in [6.07, 6.45) is 10.7. The van der Waals surface area contributed by atoms with Crippen LogP contribution in [0.4, 0.5) is 0 Å². The lowest BCUT2D eigenvalue weighted by Gasteiger charge is -2.33. The number of hydrogen-bond donors (Lipinski definition) is 2. The molecule has 1 saturated heterocycles. The van der Waals surface area contributed by atoms with Crippen molar-refractivity contribution >= 4 is 10.2 Å². The minimum Gasteiger partial charge on any atom is -0.299 e. The predicted molar refractivity (Wildman–Crippen MR) is 103 cm³/mol. The second-order valence-electron chi connectivity index (χ2n) is 8.02. The molecule has 2 aliphatic rings. The maximum Gasteiger partial charge on any atom is 0.278 e. The van der Waals surface area contributed by atoms with Crippen molar-refractivity contribution in [1.82, 2.24) is 24.1 Å². The third-order valence-electron chi connectivity index (χ3n) is 5.80. The Morgan fingerprint density at radius 1 is 1.23 bits per heavy atom. The molecule has 1 unspecified atom stereocenters. The number of hydrogen-bond acceptors (Lipinski definition) is 4. The molecule has 0 bridgehead atoms. The summed E-state index contributed by atoms with van der Waals surface area (Å²) in [6, 6.07) is 0. The Bertz CT molecular complexity index is 667. The first-order valence-corrected chi connectivity index (χ1v) is 11.3. The molecule has 2 N–H and O–H groups in total. The van der Waals surface area contributed by atoms with Gasteiger partial charge >= 0.3 is 0 Å². The average Bonchev–Trinajstić information content (AvgIpc) is 3.09. The van der Waals surface area contributed by atoms with Crippen LogP contribution in [0.1, 0.15) is 62.1 Å². The van der Waals surface area contributed by atoms with Crippen LogP contribution in [0.25, 0.3) is 0 Å². The van der Waals surface area contributed by atoms with E-state index in [0.29, 0.717) is 18.4 Å². The summed E-state index contributed by atoms with van der Waals surface area (Å²) < 4.78 is 27.8. The lowest BCUT2D eigenvalue weighted by Crippen LogP contribution is -2.43. The van der Waals surface area contributed by atoms with Gasteiger partial charge in [-0.3, -0.25) is 10.00 Å². The highest BCUT2D eigenvalue weighted by Crippen LogP contribution is 2.33. The van der Waals surface area contributed by atoms with Crippen LogP contribution in [0, 0.1) is 5.92 Å². The largest absolute Gasteiger partial charge is 0.299 e. The molecule has 0 radical (unpaired) electrons. The summed E-state index contributed by atoms with van der Waals surface area (Å²) in [5.41, 5.74) is 2.66. The van der Waals surface area contributed by atoms with Gasteiger partial charge in [0.1, 0.15) is 0 Å². The van der Waals surface area contributed by atoms with Crippen molar-refractivity contribution in [3.63, 3.8) is 0 Å². The number of piperidine rings is 1. The summed E-state index contributed by atoms with van der Waals surface area (Å²) >= 11 is 0. The number of nitrogens with zero attached hydrogens (tertiary/aromatic N) is 3. The van der Waals surface area contributed by atoms with E-state index in [1.54, 1.807) is 14.1 Å². The molecule has 7 nitrogen and oxygen atoms in total. The summed E-state index contributed by atoms with van der Waals surface area (Å²) in [4.78, 5) is 2.45. The van der Waals surface area contributed by atoms with Crippen LogP contribution in [0.3, 0.4) is 0 Å². The second-order valence-corrected chi connectivity index (χ2v) is 9.99. The van der Waals surface area contributed by atoms with Gasteiger partial charge in [-0.1, -0.05) is 19.3 Å². The lowest BCUT2D eigenvalue weighted by molar-refractivity contribution is 0.168. The Morgan fingerprint density at radius 3 is 2.73 bits per heavy atom. The monoisotopic (exact) mass is 383 g/mol. The molecule has 2 fully saturated rings. The molecule has 0 aromatic carbocycles. The van der Waals surface area contributed by atoms with Gasteiger partial charge in [0.25, 0.3) is 10.2 Å². The molecule has 1 saturated carbocycles. The summed E-state index contributed by atoms with van der Waals surface area (Å²) in [5, 5.41) is 7.58. The number of H-pyrrole nitrogens is 1. The molecule has 148 valence electrons. The van der Waals surface area contributed by atoms with Crippen LogP contribution in [0.2, 0.25) is 0 Å². The molecule has 1 aromatic rings. The maximum atomic E-state index is 11.9. The zero-order valence-electron chi connectivity index (χ0n) is 16.1. The predicted octanol–water partition coefficient (Wildman–Crippen LogP) is 2.07. The Hall–Kier alpha value is -0.960. The van der Waals surface area contributed by atoms with Crippen LogP contribution in [0.15, 0.2) is 6.20 Å². The maximum absolute atomic E-state index is 11.9. The Morgan fingerprint density at radius 2 is 2.00 bits per heavy atom. The summed E-state index contributed by atoms with van der Waals surface area (Å²) in [6.45, 7) is 3.44. The molecule has 2 heterocycles. The summed E-state index contributed by atoms with van der Waals surface area (Å²) in [5.74, 6) is 0.997. The standard InChI is InChI=1S/C18H33N5O2S/c1-22(2)26(24,25)20-11-15-7-6-10-23(13-15)14-17-12-19-21-18(17)16-8-4-3-5-9-16/h12,15-16,20H,3-11,13-14H2,1-2H3,(H,19,21). The first-order valence-electron chi connectivity index (χ1n) is 9.87. The zero-order chi connectivity index (χ0) is 18.6. The van der Waals surface area contributed by atoms with Crippen molar-refractivity contribution in [3.05, 3.63) is 17.5 Å². The average molecular weight is 384 g/mol. The molecule has 3 rings (SSSR count). The fraction of sp³-hybridized carbons (Fsp3) is 0.833. The van der Waals surface area contributed by atoms with Crippen LogP contribution in [-0.2, 0) is 16.8 Å². The van der Waals surface area contributed by atoms with Gasteiger partial charge in [-0.2, -0.15) is 17.8 Å². The number of nitrogens with one attached hydrogen (secondary N) is 2. The van der Waals surface area contributed by atoms with E-state index in [1.807, 2.05) is 6.20 Å². The van der Waals surface area contributed by atoms with E-state index in [1.165, 1.54) is 47.7 Å². The highest BCUT2D eigenvalue weighted by atomic mass is 32.2. The van der Waals surface area contributed by atoms with Gasteiger partial charge in [0.05, 0.1) is 6.20 Å². The smallest absolute Gasteiger partial charge is 0.278 e. The van der Waals surface area contributed by atoms with Gasteiger partial charge < -0.3 is 0 Å². The first-order chi connectivity index (χ1) is 12.5. The van der Waals surface area contributed by atoms with Crippen molar-refractivity contribution in [1.29, 1.82) is 0 Å². The molecule has 0 amide bonds. The minimum absolute atomic E-state index is 0.364. The van der Waals surface area contributed by atoms with E-state index in [4.69, 9.17) is 0 Å². The highest BCUT2D eigenvalue weighted by molar-refractivity contribution is 7.87. The fourth-order valence-electron chi connectivity index (χ4n) is 4.25. The van der Waals surface area contributed by atoms with Crippen LogP contribution >= 0.6 is 0 Å². The highest BCUT2D eigenvalue weighted by Gasteiger charge is 2.25. The van der Waals surface area contributed by atoms with Crippen molar-refractivity contribution in [2.45, 2.75) is 57.4 Å². The fourth-order valence-corrected chi connectivity index (χ4v) is 4.95. The Labute approximate surface area is 157 Å². The normalized spacial score (nSPS) is 23.6. The van der Waals surface area contributed by atoms with Gasteiger partial charge in [0.2, 0.25) is 0 Å². The molecular weight excluding hydrogens is 350 g/mol. The van der Waals surface area contributed by atoms with E-state index in [0.717, 1.165) is 32.5 Å². The zero-order valence-corrected chi connectivity index (χ0v) is 16.9. The molecular formula is C18H33N5O2S. The van der Waals surface area contributed by atoms with Crippen LogP contribution in [0.5, 0.6) is 0 Å². The SMILES string of the molecule is CN(C)S(=O)(=O)NCC1CCCN(Cc2cn[nH]c2C2CCCCC2)C1. The quantitative estimate of drug-likeness (QED) is 0.755. The van der Waals surface area contributed by atoms with E-state index >= 15 is 0 Å². The molecule has 1 aromatic heterocycles. The third kappa shape index (κ3) is 5.06. The van der Waals surface area contributed by atoms with Gasteiger partial charge in [-0.15, -0.1) is 0 Å². The van der Waals surface area contributed by atoms with Gasteiger partial charge in [-0.25, -0.2) is 4.72 Å². The van der Waals surface area contributed by atoms with Crippen molar-refractivity contribution in [2.75, 3.05) is 33.7 Å². The molecule has 26 heavy (non-hydrogen) atoms. The number of aromatic nitrogens is 2. The van der Waals surface area contributed by atoms with E-state index in [2.05, 4.69) is 19.8 Å². The summed E-state index contributed by atoms with van der Waals surface area (Å²) in [7, 11) is -0.223. The van der Waals surface area contributed by atoms with Crippen molar-refractivity contribution in [2.24, 2.45) is 5.92 Å². The van der Waals surface area contributed by atoms with Crippen molar-refractivity contribution in [3.8, 4) is 0 Å². The third-order valence-corrected chi connectivity index (χ3v) is 7.29. The number of likely N-dealkylation sites (tertiary alicyclic amines) is 1. The Kier molecular flexibility index (Phi) is 6.71. The molecule has 1 atom stereocenters. The molecule has 8 heteroatoms. The Balaban J connectivity index is 1.55. The van der Waals surface area contributed by atoms with Gasteiger partial charge in [0.15, 0.2) is 0 Å². The molecule has 0 spiro atoms. The van der Waals surface area contributed by atoms with E-state index < -0.39 is 10.2 Å². The van der Waals surface area contributed by atoms with Gasteiger partial charge in [0, 0.05) is 50.9 Å². The van der Waals surface area contributed by atoms with Crippen LogP contribution < -0.4 is 4.72 Å². The van der Waals surface area contributed by atoms with Gasteiger partial charge in [-0.05, 0) is 38.1 Å².